The molecular formula is C7H15NO3. The zero-order valence-electron chi connectivity index (χ0n) is 6.49. The summed E-state index contributed by atoms with van der Waals surface area (Å²) in [7, 11) is 0. The van der Waals surface area contributed by atoms with Gasteiger partial charge in [-0.25, -0.2) is 0 Å². The summed E-state index contributed by atoms with van der Waals surface area (Å²) in [5, 5.41) is 18.1. The standard InChI is InChI=1S/C7H15NO3/c8-5-7(6(9)10)1-3-11-4-2-7/h6,9-10H,1-5,8H2. The van der Waals surface area contributed by atoms with Crippen LogP contribution in [0, 0.1) is 5.41 Å². The van der Waals surface area contributed by atoms with Crippen LogP contribution in [-0.4, -0.2) is 36.3 Å². The van der Waals surface area contributed by atoms with Gasteiger partial charge in [-0.1, -0.05) is 0 Å². The third kappa shape index (κ3) is 1.70. The van der Waals surface area contributed by atoms with Crippen LogP contribution in [0.25, 0.3) is 0 Å². The van der Waals surface area contributed by atoms with Gasteiger partial charge in [0, 0.05) is 25.2 Å². The number of hydrogen-bond donors (Lipinski definition) is 3. The molecule has 0 aromatic carbocycles. The zero-order chi connectivity index (χ0) is 8.32. The van der Waals surface area contributed by atoms with Gasteiger partial charge in [0.05, 0.1) is 0 Å². The molecule has 4 N–H and O–H groups in total. The zero-order valence-corrected chi connectivity index (χ0v) is 6.49. The summed E-state index contributed by atoms with van der Waals surface area (Å²) < 4.78 is 5.10. The van der Waals surface area contributed by atoms with Crippen LogP contribution in [0.1, 0.15) is 12.8 Å². The molecule has 1 aliphatic heterocycles. The molecule has 1 heterocycles. The summed E-state index contributed by atoms with van der Waals surface area (Å²) in [6, 6.07) is 0. The first-order chi connectivity index (χ1) is 5.21. The van der Waals surface area contributed by atoms with Gasteiger partial charge in [-0.05, 0) is 12.8 Å². The van der Waals surface area contributed by atoms with Crippen molar-refractivity contribution in [3.8, 4) is 0 Å². The van der Waals surface area contributed by atoms with E-state index in [4.69, 9.17) is 20.7 Å². The van der Waals surface area contributed by atoms with E-state index >= 15 is 0 Å². The minimum Gasteiger partial charge on any atom is -0.381 e. The number of nitrogens with two attached hydrogens (primary N) is 1. The van der Waals surface area contributed by atoms with E-state index in [1.54, 1.807) is 0 Å². The molecular weight excluding hydrogens is 146 g/mol. The van der Waals surface area contributed by atoms with Crippen molar-refractivity contribution < 1.29 is 14.9 Å². The van der Waals surface area contributed by atoms with E-state index < -0.39 is 11.7 Å². The van der Waals surface area contributed by atoms with Crippen LogP contribution in [0.4, 0.5) is 0 Å². The normalized spacial score (nSPS) is 24.0. The van der Waals surface area contributed by atoms with E-state index in [2.05, 4.69) is 0 Å². The number of ether oxygens (including phenoxy) is 1. The Balaban J connectivity index is 2.57. The lowest BCUT2D eigenvalue weighted by Crippen LogP contribution is -2.45. The Labute approximate surface area is 66.0 Å². The molecule has 66 valence electrons. The van der Waals surface area contributed by atoms with Crippen molar-refractivity contribution in [3.63, 3.8) is 0 Å². The summed E-state index contributed by atoms with van der Waals surface area (Å²) in [6.07, 6.45) is -0.0288. The van der Waals surface area contributed by atoms with Crippen LogP contribution in [0.15, 0.2) is 0 Å². The van der Waals surface area contributed by atoms with Gasteiger partial charge < -0.3 is 20.7 Å². The predicted octanol–water partition coefficient (Wildman–Crippen LogP) is -0.947. The minimum atomic E-state index is -1.31. The highest BCUT2D eigenvalue weighted by atomic mass is 16.5. The summed E-state index contributed by atoms with van der Waals surface area (Å²) in [4.78, 5) is 0. The van der Waals surface area contributed by atoms with Crippen molar-refractivity contribution in [1.29, 1.82) is 0 Å². The molecule has 1 aliphatic rings. The molecule has 1 rings (SSSR count). The molecule has 11 heavy (non-hydrogen) atoms. The second kappa shape index (κ2) is 3.49. The Morgan fingerprint density at radius 3 is 2.18 bits per heavy atom. The van der Waals surface area contributed by atoms with Crippen molar-refractivity contribution in [3.05, 3.63) is 0 Å². The Morgan fingerprint density at radius 2 is 1.91 bits per heavy atom. The van der Waals surface area contributed by atoms with Gasteiger partial charge in [-0.2, -0.15) is 0 Å². The van der Waals surface area contributed by atoms with E-state index in [0.717, 1.165) is 0 Å². The largest absolute Gasteiger partial charge is 0.381 e. The van der Waals surface area contributed by atoms with Crippen LogP contribution in [0.2, 0.25) is 0 Å². The third-order valence-corrected chi connectivity index (χ3v) is 2.44. The number of aliphatic hydroxyl groups is 2. The predicted molar refractivity (Wildman–Crippen MR) is 39.8 cm³/mol. The first kappa shape index (κ1) is 8.93. The van der Waals surface area contributed by atoms with Gasteiger partial charge in [0.1, 0.15) is 0 Å². The molecule has 0 unspecified atom stereocenters. The second-order valence-corrected chi connectivity index (χ2v) is 3.05. The van der Waals surface area contributed by atoms with E-state index in [1.807, 2.05) is 0 Å². The fourth-order valence-electron chi connectivity index (χ4n) is 1.35. The molecule has 0 aromatic heterocycles. The summed E-state index contributed by atoms with van der Waals surface area (Å²) in [5.74, 6) is 0. The van der Waals surface area contributed by atoms with Gasteiger partial charge in [0.2, 0.25) is 0 Å². The minimum absolute atomic E-state index is 0.314. The van der Waals surface area contributed by atoms with E-state index in [-0.39, 0.29) is 0 Å². The number of aliphatic hydroxyl groups excluding tert-OH is 1. The molecule has 4 heteroatoms. The molecule has 0 atom stereocenters. The second-order valence-electron chi connectivity index (χ2n) is 3.05. The molecule has 1 saturated heterocycles. The summed E-state index contributed by atoms with van der Waals surface area (Å²) in [5.41, 5.74) is 4.95. The quantitative estimate of drug-likeness (QED) is 0.456. The highest BCUT2D eigenvalue weighted by molar-refractivity contribution is 4.84. The van der Waals surface area contributed by atoms with Crippen molar-refractivity contribution in [1.82, 2.24) is 0 Å². The highest BCUT2D eigenvalue weighted by Crippen LogP contribution is 2.31. The topological polar surface area (TPSA) is 75.7 Å². The van der Waals surface area contributed by atoms with Gasteiger partial charge in [0.25, 0.3) is 0 Å². The maximum atomic E-state index is 9.05. The van der Waals surface area contributed by atoms with Crippen LogP contribution >= 0.6 is 0 Å². The van der Waals surface area contributed by atoms with Crippen molar-refractivity contribution in [2.75, 3.05) is 19.8 Å². The van der Waals surface area contributed by atoms with Crippen LogP contribution in [-0.2, 0) is 4.74 Å². The Kier molecular flexibility index (Phi) is 2.84. The molecule has 0 aromatic rings. The van der Waals surface area contributed by atoms with E-state index in [0.29, 0.717) is 32.6 Å². The average Bonchev–Trinajstić information content (AvgIpc) is 2.05. The Hall–Kier alpha value is -0.160. The molecule has 0 saturated carbocycles. The SMILES string of the molecule is NCC1(C(O)O)CCOCC1. The number of hydrogen-bond acceptors (Lipinski definition) is 4. The molecule has 0 amide bonds. The maximum Gasteiger partial charge on any atom is 0.158 e. The van der Waals surface area contributed by atoms with Crippen molar-refractivity contribution in [2.24, 2.45) is 11.1 Å². The summed E-state index contributed by atoms with van der Waals surface area (Å²) >= 11 is 0. The van der Waals surface area contributed by atoms with Gasteiger partial charge >= 0.3 is 0 Å². The van der Waals surface area contributed by atoms with Crippen LogP contribution < -0.4 is 5.73 Å². The Morgan fingerprint density at radius 1 is 1.36 bits per heavy atom. The van der Waals surface area contributed by atoms with Gasteiger partial charge in [-0.3, -0.25) is 0 Å². The van der Waals surface area contributed by atoms with E-state index in [9.17, 15) is 0 Å². The summed E-state index contributed by atoms with van der Waals surface area (Å²) in [6.45, 7) is 1.47. The van der Waals surface area contributed by atoms with Crippen LogP contribution in [0.5, 0.6) is 0 Å². The first-order valence-corrected chi connectivity index (χ1v) is 3.85. The average molecular weight is 161 g/mol. The molecule has 4 nitrogen and oxygen atoms in total. The molecule has 0 bridgehead atoms. The fraction of sp³-hybridized carbons (Fsp3) is 1.00. The smallest absolute Gasteiger partial charge is 0.158 e. The molecule has 0 spiro atoms. The van der Waals surface area contributed by atoms with Gasteiger partial charge in [0.15, 0.2) is 6.29 Å². The van der Waals surface area contributed by atoms with Crippen LogP contribution in [0.3, 0.4) is 0 Å². The third-order valence-electron chi connectivity index (χ3n) is 2.44. The molecule has 0 aliphatic carbocycles. The first-order valence-electron chi connectivity index (χ1n) is 3.85. The monoisotopic (exact) mass is 161 g/mol. The van der Waals surface area contributed by atoms with E-state index in [1.165, 1.54) is 0 Å². The number of rotatable bonds is 2. The molecule has 0 radical (unpaired) electrons. The van der Waals surface area contributed by atoms with Crippen molar-refractivity contribution >= 4 is 0 Å². The maximum absolute atomic E-state index is 9.05. The molecule has 1 fully saturated rings. The van der Waals surface area contributed by atoms with Crippen molar-refractivity contribution in [2.45, 2.75) is 19.1 Å². The fourth-order valence-corrected chi connectivity index (χ4v) is 1.35. The van der Waals surface area contributed by atoms with Gasteiger partial charge in [-0.15, -0.1) is 0 Å². The lowest BCUT2D eigenvalue weighted by molar-refractivity contribution is -0.163. The highest BCUT2D eigenvalue weighted by Gasteiger charge is 2.37. The Bertz CT molecular complexity index is 121. The lowest BCUT2D eigenvalue weighted by atomic mass is 9.80. The lowest BCUT2D eigenvalue weighted by Gasteiger charge is -2.37.